The average Bonchev–Trinajstić information content (AvgIpc) is 2.46. The van der Waals surface area contributed by atoms with Gasteiger partial charge < -0.3 is 15.7 Å². The van der Waals surface area contributed by atoms with E-state index in [-0.39, 0.29) is 0 Å². The Morgan fingerprint density at radius 1 is 1.40 bits per heavy atom. The molecule has 25 heavy (non-hydrogen) atoms. The first kappa shape index (κ1) is 19.4. The Kier molecular flexibility index (Phi) is 5.83. The van der Waals surface area contributed by atoms with Gasteiger partial charge in [0.25, 0.3) is 0 Å². The van der Waals surface area contributed by atoms with E-state index in [0.717, 1.165) is 11.8 Å². The Hall–Kier alpha value is -1.94. The first-order valence-electron chi connectivity index (χ1n) is 6.91. The molecule has 0 saturated heterocycles. The molecule has 2 atom stereocenters. The van der Waals surface area contributed by atoms with Crippen molar-refractivity contribution in [3.05, 3.63) is 23.2 Å². The number of amides is 2. The highest BCUT2D eigenvalue weighted by molar-refractivity contribution is 8.01. The summed E-state index contributed by atoms with van der Waals surface area (Å²) in [6, 6.07) is 2.65. The third-order valence-corrected chi connectivity index (χ3v) is 4.71. The van der Waals surface area contributed by atoms with E-state index in [1.807, 2.05) is 0 Å². The zero-order chi connectivity index (χ0) is 18.8. The second kappa shape index (κ2) is 7.52. The highest BCUT2D eigenvalue weighted by atomic mass is 35.5. The number of rotatable bonds is 5. The molecule has 1 aliphatic heterocycles. The van der Waals surface area contributed by atoms with Crippen LogP contribution >= 0.6 is 23.4 Å². The van der Waals surface area contributed by atoms with Gasteiger partial charge in [-0.1, -0.05) is 11.6 Å². The van der Waals surface area contributed by atoms with Crippen LogP contribution in [0, 0.1) is 0 Å². The van der Waals surface area contributed by atoms with E-state index >= 15 is 0 Å². The number of benzene rings is 1. The van der Waals surface area contributed by atoms with Gasteiger partial charge in [-0.05, 0) is 18.2 Å². The van der Waals surface area contributed by atoms with Gasteiger partial charge in [-0.2, -0.15) is 13.2 Å². The molecule has 3 N–H and O–H groups in total. The van der Waals surface area contributed by atoms with E-state index in [2.05, 4.69) is 5.32 Å². The number of carbonyl (C=O) groups is 3. The molecule has 0 spiro atoms. The fourth-order valence-corrected chi connectivity index (χ4v) is 3.37. The van der Waals surface area contributed by atoms with E-state index in [0.29, 0.717) is 15.6 Å². The summed E-state index contributed by atoms with van der Waals surface area (Å²) < 4.78 is 37.0. The lowest BCUT2D eigenvalue weighted by atomic mass is 10.1. The van der Waals surface area contributed by atoms with Crippen LogP contribution in [0.5, 0.6) is 0 Å². The minimum atomic E-state index is -4.74. The summed E-state index contributed by atoms with van der Waals surface area (Å²) >= 11 is 6.86. The smallest absolute Gasteiger partial charge is 0.391 e. The maximum absolute atomic E-state index is 12.3. The first-order chi connectivity index (χ1) is 11.5. The number of nitrogens with one attached hydrogen (secondary N) is 2. The molecule has 0 aliphatic carbocycles. The van der Waals surface area contributed by atoms with Crippen LogP contribution in [0.2, 0.25) is 5.02 Å². The van der Waals surface area contributed by atoms with Crippen molar-refractivity contribution in [3.8, 4) is 0 Å². The molecule has 1 aliphatic rings. The number of hydrogen-bond donors (Lipinski definition) is 3. The molecule has 6 nitrogen and oxygen atoms in total. The molecular weight excluding hydrogens is 385 g/mol. The number of anilines is 1. The van der Waals surface area contributed by atoms with Crippen molar-refractivity contribution in [1.82, 2.24) is 5.32 Å². The maximum Gasteiger partial charge on any atom is 0.391 e. The van der Waals surface area contributed by atoms with Gasteiger partial charge in [-0.3, -0.25) is 9.59 Å². The standard InChI is InChI=1S/C14H12ClF3N2O4S/c15-6-1-2-9-7(3-6)20-12(22)10(25-9)4-11(21)19-8(13(23)24)5-14(16,17)18/h1-3,8,10H,4-5H2,(H,19,21)(H,20,22)(H,23,24). The molecule has 11 heteroatoms. The number of aliphatic carboxylic acids is 1. The van der Waals surface area contributed by atoms with Gasteiger partial charge in [0.15, 0.2) is 0 Å². The zero-order valence-corrected chi connectivity index (χ0v) is 14.0. The van der Waals surface area contributed by atoms with E-state index in [1.165, 1.54) is 6.07 Å². The number of alkyl halides is 3. The number of carbonyl (C=O) groups excluding carboxylic acids is 2. The Bertz CT molecular complexity index is 714. The van der Waals surface area contributed by atoms with Crippen molar-refractivity contribution >= 4 is 46.8 Å². The molecule has 0 fully saturated rings. The second-order valence-electron chi connectivity index (χ2n) is 5.22. The molecule has 0 saturated carbocycles. The Morgan fingerprint density at radius 3 is 2.68 bits per heavy atom. The molecular formula is C14H12ClF3N2O4S. The topological polar surface area (TPSA) is 95.5 Å². The lowest BCUT2D eigenvalue weighted by Crippen LogP contribution is -2.45. The van der Waals surface area contributed by atoms with Crippen molar-refractivity contribution in [2.24, 2.45) is 0 Å². The van der Waals surface area contributed by atoms with Gasteiger partial charge in [-0.25, -0.2) is 4.79 Å². The van der Waals surface area contributed by atoms with Crippen molar-refractivity contribution in [2.45, 2.75) is 35.2 Å². The van der Waals surface area contributed by atoms with Crippen LogP contribution in [-0.2, 0) is 14.4 Å². The minimum Gasteiger partial charge on any atom is -0.480 e. The second-order valence-corrected chi connectivity index (χ2v) is 6.90. The van der Waals surface area contributed by atoms with Gasteiger partial charge in [0.2, 0.25) is 11.8 Å². The molecule has 1 heterocycles. The van der Waals surface area contributed by atoms with Gasteiger partial charge >= 0.3 is 12.1 Å². The molecule has 2 amide bonds. The van der Waals surface area contributed by atoms with Crippen molar-refractivity contribution in [2.75, 3.05) is 5.32 Å². The molecule has 1 aromatic carbocycles. The summed E-state index contributed by atoms with van der Waals surface area (Å²) in [6.07, 6.45) is -6.90. The van der Waals surface area contributed by atoms with Crippen molar-refractivity contribution < 1.29 is 32.7 Å². The Balaban J connectivity index is 2.01. The molecule has 2 unspecified atom stereocenters. The number of carboxylic acid groups (broad SMARTS) is 1. The molecule has 0 aromatic heterocycles. The quantitative estimate of drug-likeness (QED) is 0.711. The van der Waals surface area contributed by atoms with Gasteiger partial charge in [-0.15, -0.1) is 11.8 Å². The normalized spacial score (nSPS) is 18.1. The molecule has 0 bridgehead atoms. The molecule has 0 radical (unpaired) electrons. The molecule has 1 aromatic rings. The van der Waals surface area contributed by atoms with Crippen LogP contribution < -0.4 is 10.6 Å². The largest absolute Gasteiger partial charge is 0.480 e. The van der Waals surface area contributed by atoms with Crippen LogP contribution in [0.25, 0.3) is 0 Å². The summed E-state index contributed by atoms with van der Waals surface area (Å²) in [5, 5.41) is 12.7. The zero-order valence-electron chi connectivity index (χ0n) is 12.4. The number of carboxylic acids is 1. The summed E-state index contributed by atoms with van der Waals surface area (Å²) in [7, 11) is 0. The molecule has 2 rings (SSSR count). The highest BCUT2D eigenvalue weighted by Gasteiger charge is 2.37. The van der Waals surface area contributed by atoms with Crippen LogP contribution in [-0.4, -0.2) is 40.4 Å². The summed E-state index contributed by atoms with van der Waals surface area (Å²) in [5.41, 5.74) is 0.472. The van der Waals surface area contributed by atoms with Crippen LogP contribution in [0.1, 0.15) is 12.8 Å². The first-order valence-corrected chi connectivity index (χ1v) is 8.17. The summed E-state index contributed by atoms with van der Waals surface area (Å²) in [6.45, 7) is 0. The third kappa shape index (κ3) is 5.53. The number of thioether (sulfide) groups is 1. The summed E-state index contributed by atoms with van der Waals surface area (Å²) in [5.74, 6) is -3.27. The number of hydrogen-bond acceptors (Lipinski definition) is 4. The maximum atomic E-state index is 12.3. The van der Waals surface area contributed by atoms with Gasteiger partial charge in [0.1, 0.15) is 6.04 Å². The van der Waals surface area contributed by atoms with Gasteiger partial charge in [0.05, 0.1) is 17.4 Å². The lowest BCUT2D eigenvalue weighted by Gasteiger charge is -2.24. The van der Waals surface area contributed by atoms with Crippen molar-refractivity contribution in [1.29, 1.82) is 0 Å². The van der Waals surface area contributed by atoms with Crippen molar-refractivity contribution in [3.63, 3.8) is 0 Å². The SMILES string of the molecule is O=C(CC1Sc2ccc(Cl)cc2NC1=O)NC(CC(F)(F)F)C(=O)O. The predicted molar refractivity (Wildman–Crippen MR) is 84.6 cm³/mol. The lowest BCUT2D eigenvalue weighted by molar-refractivity contribution is -0.160. The Morgan fingerprint density at radius 2 is 2.08 bits per heavy atom. The minimum absolute atomic E-state index is 0.410. The van der Waals surface area contributed by atoms with E-state index in [1.54, 1.807) is 17.4 Å². The predicted octanol–water partition coefficient (Wildman–Crippen LogP) is 2.66. The van der Waals surface area contributed by atoms with Crippen LogP contribution in [0.4, 0.5) is 18.9 Å². The third-order valence-electron chi connectivity index (χ3n) is 3.20. The fraction of sp³-hybridized carbons (Fsp3) is 0.357. The molecule has 136 valence electrons. The van der Waals surface area contributed by atoms with Gasteiger partial charge in [0, 0.05) is 16.3 Å². The monoisotopic (exact) mass is 396 g/mol. The fourth-order valence-electron chi connectivity index (χ4n) is 2.11. The summed E-state index contributed by atoms with van der Waals surface area (Å²) in [4.78, 5) is 35.4. The highest BCUT2D eigenvalue weighted by Crippen LogP contribution is 2.38. The van der Waals surface area contributed by atoms with E-state index in [4.69, 9.17) is 16.7 Å². The van der Waals surface area contributed by atoms with Crippen LogP contribution in [0.15, 0.2) is 23.1 Å². The van der Waals surface area contributed by atoms with E-state index < -0.39 is 48.1 Å². The number of fused-ring (bicyclic) bond motifs is 1. The van der Waals surface area contributed by atoms with Crippen LogP contribution in [0.3, 0.4) is 0 Å². The number of halogens is 4. The van der Waals surface area contributed by atoms with E-state index in [9.17, 15) is 27.6 Å². The Labute approximate surface area is 149 Å². The average molecular weight is 397 g/mol.